The standard InChI is InChI=1S/C14H19N3O3S/c1-3-16-6-8-17(9-7-16)21(18,19)12-4-5-14-13(10-12)15-11(2)20-14/h4-5,10H,3,6-9H2,1-2H3. The predicted octanol–water partition coefficient (Wildman–Crippen LogP) is 1.46. The van der Waals surface area contributed by atoms with E-state index in [1.54, 1.807) is 29.4 Å². The second-order valence-corrected chi connectivity index (χ2v) is 7.14. The van der Waals surface area contributed by atoms with Crippen LogP contribution in [-0.2, 0) is 10.0 Å². The topological polar surface area (TPSA) is 66.7 Å². The van der Waals surface area contributed by atoms with Gasteiger partial charge in [-0.15, -0.1) is 0 Å². The van der Waals surface area contributed by atoms with E-state index in [2.05, 4.69) is 16.8 Å². The van der Waals surface area contributed by atoms with E-state index in [0.29, 0.717) is 30.1 Å². The first-order valence-corrected chi connectivity index (χ1v) is 8.54. The van der Waals surface area contributed by atoms with Gasteiger partial charge >= 0.3 is 0 Å². The van der Waals surface area contributed by atoms with Crippen molar-refractivity contribution < 1.29 is 12.8 Å². The summed E-state index contributed by atoms with van der Waals surface area (Å²) in [5.74, 6) is 0.538. The Morgan fingerprint density at radius 2 is 1.95 bits per heavy atom. The molecule has 0 spiro atoms. The van der Waals surface area contributed by atoms with Gasteiger partial charge in [0.2, 0.25) is 10.0 Å². The van der Waals surface area contributed by atoms with Crippen LogP contribution in [0.15, 0.2) is 27.5 Å². The van der Waals surface area contributed by atoms with Gasteiger partial charge in [-0.05, 0) is 24.7 Å². The summed E-state index contributed by atoms with van der Waals surface area (Å²) in [4.78, 5) is 6.73. The maximum Gasteiger partial charge on any atom is 0.243 e. The SMILES string of the molecule is CCN1CCN(S(=O)(=O)c2ccc3oc(C)nc3c2)CC1. The van der Waals surface area contributed by atoms with E-state index in [1.807, 2.05) is 0 Å². The molecule has 2 heterocycles. The number of aromatic nitrogens is 1. The molecule has 1 aromatic carbocycles. The highest BCUT2D eigenvalue weighted by Gasteiger charge is 2.28. The molecule has 0 saturated carbocycles. The average molecular weight is 309 g/mol. The zero-order valence-corrected chi connectivity index (χ0v) is 13.1. The first-order valence-electron chi connectivity index (χ1n) is 7.10. The van der Waals surface area contributed by atoms with E-state index in [-0.39, 0.29) is 4.90 Å². The molecule has 1 aliphatic heterocycles. The maximum atomic E-state index is 12.7. The minimum atomic E-state index is -3.45. The Morgan fingerprint density at radius 3 is 2.62 bits per heavy atom. The third-order valence-electron chi connectivity index (χ3n) is 3.88. The Hall–Kier alpha value is -1.44. The Labute approximate surface area is 124 Å². The number of sulfonamides is 1. The first kappa shape index (κ1) is 14.5. The Balaban J connectivity index is 1.89. The predicted molar refractivity (Wildman–Crippen MR) is 79.6 cm³/mol. The number of hydrogen-bond donors (Lipinski definition) is 0. The Bertz CT molecular complexity index is 746. The van der Waals surface area contributed by atoms with Crippen LogP contribution in [0, 0.1) is 6.92 Å². The summed E-state index contributed by atoms with van der Waals surface area (Å²) >= 11 is 0. The molecule has 7 heteroatoms. The lowest BCUT2D eigenvalue weighted by molar-refractivity contribution is 0.196. The average Bonchev–Trinajstić information content (AvgIpc) is 2.86. The fourth-order valence-corrected chi connectivity index (χ4v) is 4.06. The molecule has 0 aliphatic carbocycles. The summed E-state index contributed by atoms with van der Waals surface area (Å²) in [7, 11) is -3.45. The molecule has 0 unspecified atom stereocenters. The van der Waals surface area contributed by atoms with Crippen LogP contribution in [0.3, 0.4) is 0 Å². The van der Waals surface area contributed by atoms with Gasteiger partial charge in [-0.2, -0.15) is 4.31 Å². The van der Waals surface area contributed by atoms with Crippen LogP contribution in [0.1, 0.15) is 12.8 Å². The molecule has 0 N–H and O–H groups in total. The monoisotopic (exact) mass is 309 g/mol. The summed E-state index contributed by atoms with van der Waals surface area (Å²) in [6.07, 6.45) is 0. The summed E-state index contributed by atoms with van der Waals surface area (Å²) in [6, 6.07) is 4.85. The van der Waals surface area contributed by atoms with Crippen LogP contribution in [0.2, 0.25) is 0 Å². The highest BCUT2D eigenvalue weighted by molar-refractivity contribution is 7.89. The zero-order valence-electron chi connectivity index (χ0n) is 12.2. The smallest absolute Gasteiger partial charge is 0.243 e. The minimum Gasteiger partial charge on any atom is -0.441 e. The van der Waals surface area contributed by atoms with E-state index in [0.717, 1.165) is 19.6 Å². The van der Waals surface area contributed by atoms with Gasteiger partial charge in [-0.1, -0.05) is 6.92 Å². The molecule has 3 rings (SSSR count). The van der Waals surface area contributed by atoms with Gasteiger partial charge in [0.05, 0.1) is 4.90 Å². The summed E-state index contributed by atoms with van der Waals surface area (Å²) in [5, 5.41) is 0. The van der Waals surface area contributed by atoms with Crippen LogP contribution in [0.5, 0.6) is 0 Å². The largest absolute Gasteiger partial charge is 0.441 e. The fraction of sp³-hybridized carbons (Fsp3) is 0.500. The van der Waals surface area contributed by atoms with Gasteiger partial charge in [0, 0.05) is 33.1 Å². The lowest BCUT2D eigenvalue weighted by atomic mass is 10.3. The second kappa shape index (κ2) is 5.40. The lowest BCUT2D eigenvalue weighted by Crippen LogP contribution is -2.48. The van der Waals surface area contributed by atoms with Crippen molar-refractivity contribution in [3.05, 3.63) is 24.1 Å². The third kappa shape index (κ3) is 2.68. The molecule has 21 heavy (non-hydrogen) atoms. The van der Waals surface area contributed by atoms with Gasteiger partial charge in [-0.3, -0.25) is 0 Å². The molecular formula is C14H19N3O3S. The van der Waals surface area contributed by atoms with Crippen molar-refractivity contribution in [2.24, 2.45) is 0 Å². The zero-order chi connectivity index (χ0) is 15.0. The molecule has 1 fully saturated rings. The summed E-state index contributed by atoms with van der Waals surface area (Å²) in [5.41, 5.74) is 1.20. The van der Waals surface area contributed by atoms with Crippen LogP contribution in [0.4, 0.5) is 0 Å². The molecule has 114 valence electrons. The van der Waals surface area contributed by atoms with E-state index < -0.39 is 10.0 Å². The number of benzene rings is 1. The molecule has 2 aromatic rings. The lowest BCUT2D eigenvalue weighted by Gasteiger charge is -2.33. The molecule has 1 aliphatic rings. The van der Waals surface area contributed by atoms with Gasteiger partial charge in [0.15, 0.2) is 11.5 Å². The molecule has 0 radical (unpaired) electrons. The van der Waals surface area contributed by atoms with Gasteiger partial charge in [0.25, 0.3) is 0 Å². The van der Waals surface area contributed by atoms with E-state index >= 15 is 0 Å². The van der Waals surface area contributed by atoms with Crippen molar-refractivity contribution in [1.29, 1.82) is 0 Å². The Morgan fingerprint density at radius 1 is 1.24 bits per heavy atom. The van der Waals surface area contributed by atoms with Crippen molar-refractivity contribution >= 4 is 21.1 Å². The molecule has 1 aromatic heterocycles. The van der Waals surface area contributed by atoms with Crippen LogP contribution in [0.25, 0.3) is 11.1 Å². The normalized spacial score (nSPS) is 18.4. The minimum absolute atomic E-state index is 0.285. The van der Waals surface area contributed by atoms with E-state index in [1.165, 1.54) is 0 Å². The number of piperazine rings is 1. The molecule has 0 bridgehead atoms. The highest BCUT2D eigenvalue weighted by atomic mass is 32.2. The number of rotatable bonds is 3. The molecule has 1 saturated heterocycles. The summed E-state index contributed by atoms with van der Waals surface area (Å²) < 4.78 is 32.3. The van der Waals surface area contributed by atoms with Gasteiger partial charge in [-0.25, -0.2) is 13.4 Å². The van der Waals surface area contributed by atoms with Crippen molar-refractivity contribution in [1.82, 2.24) is 14.2 Å². The van der Waals surface area contributed by atoms with E-state index in [9.17, 15) is 8.42 Å². The quantitative estimate of drug-likeness (QED) is 0.859. The van der Waals surface area contributed by atoms with Crippen LogP contribution >= 0.6 is 0 Å². The number of hydrogen-bond acceptors (Lipinski definition) is 5. The molecule has 6 nitrogen and oxygen atoms in total. The maximum absolute atomic E-state index is 12.7. The highest BCUT2D eigenvalue weighted by Crippen LogP contribution is 2.23. The number of likely N-dealkylation sites (N-methyl/N-ethyl adjacent to an activating group) is 1. The van der Waals surface area contributed by atoms with E-state index in [4.69, 9.17) is 4.42 Å². The third-order valence-corrected chi connectivity index (χ3v) is 5.78. The fourth-order valence-electron chi connectivity index (χ4n) is 2.62. The van der Waals surface area contributed by atoms with Crippen molar-refractivity contribution in [3.8, 4) is 0 Å². The van der Waals surface area contributed by atoms with Crippen molar-refractivity contribution in [2.45, 2.75) is 18.7 Å². The van der Waals surface area contributed by atoms with Crippen LogP contribution < -0.4 is 0 Å². The number of fused-ring (bicyclic) bond motifs is 1. The number of nitrogens with zero attached hydrogens (tertiary/aromatic N) is 3. The summed E-state index contributed by atoms with van der Waals surface area (Å²) in [6.45, 7) is 7.42. The molecule has 0 atom stereocenters. The van der Waals surface area contributed by atoms with Gasteiger partial charge in [0.1, 0.15) is 5.52 Å². The second-order valence-electron chi connectivity index (χ2n) is 5.20. The number of oxazole rings is 1. The van der Waals surface area contributed by atoms with Crippen molar-refractivity contribution in [2.75, 3.05) is 32.7 Å². The molecule has 0 amide bonds. The van der Waals surface area contributed by atoms with Crippen LogP contribution in [-0.4, -0.2) is 55.3 Å². The van der Waals surface area contributed by atoms with Gasteiger partial charge < -0.3 is 9.32 Å². The number of aryl methyl sites for hydroxylation is 1. The van der Waals surface area contributed by atoms with Crippen molar-refractivity contribution in [3.63, 3.8) is 0 Å². The molecular weight excluding hydrogens is 290 g/mol. The Kier molecular flexibility index (Phi) is 3.73. The first-order chi connectivity index (χ1) is 10.0.